The standard InChI is InChI=1S/C46H28O/c1-2-8-29(9-3-1)35-19-22-42-43-23-20-36(28-46(43)47-45(42)27-35)33-17-15-30-24-32(16-14-31(30)25-33)34-18-21-41-39-12-5-4-10-37(39)38-11-6-7-13-40(38)44(41)26-34/h1-28H. The summed E-state index contributed by atoms with van der Waals surface area (Å²) in [4.78, 5) is 0. The molecule has 1 nitrogen and oxygen atoms in total. The molecule has 0 radical (unpaired) electrons. The maximum Gasteiger partial charge on any atom is 0.136 e. The van der Waals surface area contributed by atoms with E-state index in [1.165, 1.54) is 65.3 Å². The van der Waals surface area contributed by atoms with Crippen LogP contribution in [-0.4, -0.2) is 0 Å². The topological polar surface area (TPSA) is 13.1 Å². The van der Waals surface area contributed by atoms with Gasteiger partial charge < -0.3 is 4.42 Å². The predicted molar refractivity (Wildman–Crippen MR) is 200 cm³/mol. The Labute approximate surface area is 271 Å². The zero-order chi connectivity index (χ0) is 30.9. The Hall–Kier alpha value is -6.18. The first-order valence-corrected chi connectivity index (χ1v) is 16.2. The second-order valence-electron chi connectivity index (χ2n) is 12.5. The summed E-state index contributed by atoms with van der Waals surface area (Å²) >= 11 is 0. The molecule has 0 bridgehead atoms. The van der Waals surface area contributed by atoms with Crippen LogP contribution in [0.1, 0.15) is 0 Å². The normalized spacial score (nSPS) is 11.8. The van der Waals surface area contributed by atoms with Crippen molar-refractivity contribution >= 4 is 65.0 Å². The van der Waals surface area contributed by atoms with Gasteiger partial charge in [-0.05, 0) is 119 Å². The summed E-state index contributed by atoms with van der Waals surface area (Å²) in [5, 5.41) is 12.5. The Balaban J connectivity index is 1.03. The third kappa shape index (κ3) is 4.17. The van der Waals surface area contributed by atoms with Crippen LogP contribution in [0.25, 0.3) is 98.4 Å². The SMILES string of the molecule is c1ccc(-c2ccc3c(c2)oc2cc(-c4ccc5cc(-c6ccc7c8ccccc8c8ccccc8c7c6)ccc5c4)ccc23)cc1. The van der Waals surface area contributed by atoms with Crippen molar-refractivity contribution in [1.82, 2.24) is 0 Å². The Kier molecular flexibility index (Phi) is 5.64. The Morgan fingerprint density at radius 1 is 0.234 bits per heavy atom. The summed E-state index contributed by atoms with van der Waals surface area (Å²) in [7, 11) is 0. The average Bonchev–Trinajstić information content (AvgIpc) is 3.52. The van der Waals surface area contributed by atoms with Gasteiger partial charge in [0, 0.05) is 10.8 Å². The number of furan rings is 1. The summed E-state index contributed by atoms with van der Waals surface area (Å²) in [6, 6.07) is 61.6. The minimum atomic E-state index is 0.912. The van der Waals surface area contributed by atoms with Crippen molar-refractivity contribution in [3.8, 4) is 33.4 Å². The molecule has 9 aromatic carbocycles. The summed E-state index contributed by atoms with van der Waals surface area (Å²) in [5.41, 5.74) is 8.97. The first-order chi connectivity index (χ1) is 23.3. The van der Waals surface area contributed by atoms with Crippen molar-refractivity contribution in [2.45, 2.75) is 0 Å². The van der Waals surface area contributed by atoms with Gasteiger partial charge in [0.2, 0.25) is 0 Å². The lowest BCUT2D eigenvalue weighted by Crippen LogP contribution is -1.85. The number of benzene rings is 9. The molecule has 10 rings (SSSR count). The van der Waals surface area contributed by atoms with Crippen molar-refractivity contribution < 1.29 is 4.42 Å². The van der Waals surface area contributed by atoms with Crippen LogP contribution < -0.4 is 0 Å². The van der Waals surface area contributed by atoms with Gasteiger partial charge in [-0.3, -0.25) is 0 Å². The molecule has 0 aliphatic rings. The van der Waals surface area contributed by atoms with Crippen LogP contribution in [0, 0.1) is 0 Å². The van der Waals surface area contributed by atoms with Crippen LogP contribution >= 0.6 is 0 Å². The smallest absolute Gasteiger partial charge is 0.136 e. The molecular weight excluding hydrogens is 569 g/mol. The average molecular weight is 597 g/mol. The summed E-state index contributed by atoms with van der Waals surface area (Å²) in [6.45, 7) is 0. The molecule has 0 amide bonds. The van der Waals surface area contributed by atoms with Gasteiger partial charge in [-0.15, -0.1) is 0 Å². The fraction of sp³-hybridized carbons (Fsp3) is 0. The highest BCUT2D eigenvalue weighted by Gasteiger charge is 2.12. The zero-order valence-corrected chi connectivity index (χ0v) is 25.6. The van der Waals surface area contributed by atoms with E-state index in [0.717, 1.165) is 33.1 Å². The van der Waals surface area contributed by atoms with E-state index in [9.17, 15) is 0 Å². The highest BCUT2D eigenvalue weighted by Crippen LogP contribution is 2.39. The zero-order valence-electron chi connectivity index (χ0n) is 25.6. The molecule has 1 heteroatoms. The van der Waals surface area contributed by atoms with Gasteiger partial charge in [0.05, 0.1) is 0 Å². The van der Waals surface area contributed by atoms with Crippen LogP contribution in [0.2, 0.25) is 0 Å². The van der Waals surface area contributed by atoms with Crippen molar-refractivity contribution in [2.75, 3.05) is 0 Å². The summed E-state index contributed by atoms with van der Waals surface area (Å²) in [6.07, 6.45) is 0. The third-order valence-electron chi connectivity index (χ3n) is 9.83. The molecule has 0 aliphatic heterocycles. The van der Waals surface area contributed by atoms with Crippen LogP contribution in [0.5, 0.6) is 0 Å². The first-order valence-electron chi connectivity index (χ1n) is 16.2. The van der Waals surface area contributed by atoms with Gasteiger partial charge in [-0.1, -0.05) is 127 Å². The molecule has 0 saturated heterocycles. The van der Waals surface area contributed by atoms with Crippen LogP contribution in [0.3, 0.4) is 0 Å². The van der Waals surface area contributed by atoms with Crippen LogP contribution in [0.4, 0.5) is 0 Å². The fourth-order valence-corrected chi connectivity index (χ4v) is 7.46. The third-order valence-corrected chi connectivity index (χ3v) is 9.83. The van der Waals surface area contributed by atoms with E-state index in [4.69, 9.17) is 4.42 Å². The molecule has 0 unspecified atom stereocenters. The van der Waals surface area contributed by atoms with Gasteiger partial charge in [-0.25, -0.2) is 0 Å². The molecule has 218 valence electrons. The molecule has 47 heavy (non-hydrogen) atoms. The van der Waals surface area contributed by atoms with E-state index in [1.54, 1.807) is 0 Å². The molecule has 1 aromatic heterocycles. The lowest BCUT2D eigenvalue weighted by atomic mass is 9.91. The van der Waals surface area contributed by atoms with E-state index in [2.05, 4.69) is 164 Å². The van der Waals surface area contributed by atoms with Gasteiger partial charge in [-0.2, -0.15) is 0 Å². The number of hydrogen-bond acceptors (Lipinski definition) is 1. The van der Waals surface area contributed by atoms with E-state index in [0.29, 0.717) is 0 Å². The molecule has 0 aliphatic carbocycles. The van der Waals surface area contributed by atoms with Gasteiger partial charge in [0.25, 0.3) is 0 Å². The first kappa shape index (κ1) is 26.1. The monoisotopic (exact) mass is 596 g/mol. The van der Waals surface area contributed by atoms with E-state index >= 15 is 0 Å². The van der Waals surface area contributed by atoms with Crippen molar-refractivity contribution in [3.05, 3.63) is 170 Å². The van der Waals surface area contributed by atoms with Crippen LogP contribution in [-0.2, 0) is 0 Å². The molecule has 0 saturated carbocycles. The van der Waals surface area contributed by atoms with Crippen molar-refractivity contribution in [1.29, 1.82) is 0 Å². The molecule has 0 fully saturated rings. The lowest BCUT2D eigenvalue weighted by molar-refractivity contribution is 0.669. The largest absolute Gasteiger partial charge is 0.456 e. The second-order valence-corrected chi connectivity index (χ2v) is 12.5. The van der Waals surface area contributed by atoms with Gasteiger partial charge in [0.1, 0.15) is 11.2 Å². The molecule has 1 heterocycles. The fourth-order valence-electron chi connectivity index (χ4n) is 7.46. The van der Waals surface area contributed by atoms with E-state index in [-0.39, 0.29) is 0 Å². The minimum Gasteiger partial charge on any atom is -0.456 e. The molecule has 10 aromatic rings. The highest BCUT2D eigenvalue weighted by atomic mass is 16.3. The van der Waals surface area contributed by atoms with Gasteiger partial charge in [0.15, 0.2) is 0 Å². The van der Waals surface area contributed by atoms with Crippen molar-refractivity contribution in [3.63, 3.8) is 0 Å². The molecule has 0 atom stereocenters. The molecule has 0 N–H and O–H groups in total. The molecular formula is C46H28O. The number of rotatable bonds is 3. The Bertz CT molecular complexity index is 2800. The van der Waals surface area contributed by atoms with Gasteiger partial charge >= 0.3 is 0 Å². The second kappa shape index (κ2) is 10.2. The van der Waals surface area contributed by atoms with Crippen LogP contribution in [0.15, 0.2) is 174 Å². The van der Waals surface area contributed by atoms with E-state index in [1.807, 2.05) is 6.07 Å². The lowest BCUT2D eigenvalue weighted by Gasteiger charge is -2.12. The Morgan fingerprint density at radius 2 is 0.617 bits per heavy atom. The maximum absolute atomic E-state index is 6.41. The quantitative estimate of drug-likeness (QED) is 0.185. The number of fused-ring (bicyclic) bond motifs is 10. The minimum absolute atomic E-state index is 0.912. The maximum atomic E-state index is 6.41. The Morgan fingerprint density at radius 3 is 1.17 bits per heavy atom. The van der Waals surface area contributed by atoms with Crippen molar-refractivity contribution in [2.24, 2.45) is 0 Å². The summed E-state index contributed by atoms with van der Waals surface area (Å²) in [5.74, 6) is 0. The number of hydrogen-bond donors (Lipinski definition) is 0. The highest BCUT2D eigenvalue weighted by molar-refractivity contribution is 6.25. The predicted octanol–water partition coefficient (Wildman–Crippen LogP) is 13.2. The molecule has 0 spiro atoms. The summed E-state index contributed by atoms with van der Waals surface area (Å²) < 4.78 is 6.41. The van der Waals surface area contributed by atoms with E-state index < -0.39 is 0 Å².